The summed E-state index contributed by atoms with van der Waals surface area (Å²) in [6.07, 6.45) is 9.18. The van der Waals surface area contributed by atoms with Gasteiger partial charge in [0.05, 0.1) is 0 Å². The molecule has 1 unspecified atom stereocenters. The van der Waals surface area contributed by atoms with E-state index in [1.54, 1.807) is 0 Å². The average Bonchev–Trinajstić information content (AvgIpc) is 2.51. The van der Waals surface area contributed by atoms with Crippen LogP contribution in [0.1, 0.15) is 58.0 Å². The van der Waals surface area contributed by atoms with Crippen LogP contribution in [0, 0.1) is 5.92 Å². The van der Waals surface area contributed by atoms with Crippen molar-refractivity contribution >= 4 is 11.6 Å². The molecule has 0 bridgehead atoms. The summed E-state index contributed by atoms with van der Waals surface area (Å²) in [6.45, 7) is 2.08. The standard InChI is InChI=1S/C19H18O2/c1-11-6-7-14-15(8-11)19(21)17-10-13-5-3-2-4-12(13)9-16(17)18(14)20/h7-11H,2-6H2,1H3. The summed E-state index contributed by atoms with van der Waals surface area (Å²) >= 11 is 0. The maximum atomic E-state index is 12.8. The van der Waals surface area contributed by atoms with Crippen LogP contribution < -0.4 is 0 Å². The molecule has 2 nitrogen and oxygen atoms in total. The summed E-state index contributed by atoms with van der Waals surface area (Å²) in [5.41, 5.74) is 5.02. The molecule has 0 saturated heterocycles. The highest BCUT2D eigenvalue weighted by atomic mass is 16.1. The molecule has 3 aliphatic carbocycles. The molecule has 21 heavy (non-hydrogen) atoms. The van der Waals surface area contributed by atoms with Crippen molar-refractivity contribution in [1.82, 2.24) is 0 Å². The van der Waals surface area contributed by atoms with E-state index in [1.165, 1.54) is 24.0 Å². The zero-order valence-corrected chi connectivity index (χ0v) is 12.2. The van der Waals surface area contributed by atoms with Crippen LogP contribution in [-0.2, 0) is 12.8 Å². The van der Waals surface area contributed by atoms with Gasteiger partial charge in [0.1, 0.15) is 0 Å². The third-order valence-corrected chi connectivity index (χ3v) is 4.90. The van der Waals surface area contributed by atoms with Gasteiger partial charge in [0.25, 0.3) is 0 Å². The predicted octanol–water partition coefficient (Wildman–Crippen LogP) is 3.84. The average molecular weight is 278 g/mol. The molecule has 0 N–H and O–H groups in total. The number of ketones is 2. The number of benzene rings is 1. The van der Waals surface area contributed by atoms with Gasteiger partial charge in [-0.3, -0.25) is 9.59 Å². The lowest BCUT2D eigenvalue weighted by molar-refractivity contribution is 0.0970. The van der Waals surface area contributed by atoms with Crippen molar-refractivity contribution in [2.45, 2.75) is 39.0 Å². The Hall–Kier alpha value is -1.96. The second-order valence-corrected chi connectivity index (χ2v) is 6.44. The van der Waals surface area contributed by atoms with E-state index in [-0.39, 0.29) is 11.6 Å². The van der Waals surface area contributed by atoms with Gasteiger partial charge < -0.3 is 0 Å². The largest absolute Gasteiger partial charge is 0.289 e. The molecule has 0 aliphatic heterocycles. The number of Topliss-reactive ketones (excluding diaryl/α,β-unsaturated/α-hetero) is 2. The summed E-state index contributed by atoms with van der Waals surface area (Å²) < 4.78 is 0. The fourth-order valence-electron chi connectivity index (χ4n) is 3.72. The number of carbonyl (C=O) groups is 2. The van der Waals surface area contributed by atoms with Crippen LogP contribution in [0.3, 0.4) is 0 Å². The molecule has 2 heteroatoms. The van der Waals surface area contributed by atoms with Gasteiger partial charge in [-0.15, -0.1) is 0 Å². The predicted molar refractivity (Wildman–Crippen MR) is 81.7 cm³/mol. The van der Waals surface area contributed by atoms with Crippen molar-refractivity contribution in [3.63, 3.8) is 0 Å². The Balaban J connectivity index is 1.92. The Kier molecular flexibility index (Phi) is 2.75. The minimum Gasteiger partial charge on any atom is -0.289 e. The molecular weight excluding hydrogens is 260 g/mol. The first kappa shape index (κ1) is 12.8. The van der Waals surface area contributed by atoms with Gasteiger partial charge in [0.15, 0.2) is 11.6 Å². The molecular formula is C19H18O2. The Labute approximate surface area is 124 Å². The van der Waals surface area contributed by atoms with Crippen LogP contribution in [0.2, 0.25) is 0 Å². The lowest BCUT2D eigenvalue weighted by Gasteiger charge is -2.26. The van der Waals surface area contributed by atoms with Crippen LogP contribution in [-0.4, -0.2) is 11.6 Å². The van der Waals surface area contributed by atoms with Crippen molar-refractivity contribution in [3.05, 3.63) is 57.7 Å². The topological polar surface area (TPSA) is 34.1 Å². The summed E-state index contributed by atoms with van der Waals surface area (Å²) in [7, 11) is 0. The number of rotatable bonds is 0. The van der Waals surface area contributed by atoms with Crippen LogP contribution in [0.25, 0.3) is 0 Å². The Morgan fingerprint density at radius 2 is 1.48 bits per heavy atom. The third-order valence-electron chi connectivity index (χ3n) is 4.90. The van der Waals surface area contributed by atoms with Crippen molar-refractivity contribution in [2.24, 2.45) is 5.92 Å². The molecule has 0 aromatic heterocycles. The molecule has 1 aromatic carbocycles. The number of hydrogen-bond acceptors (Lipinski definition) is 2. The zero-order chi connectivity index (χ0) is 14.6. The van der Waals surface area contributed by atoms with Crippen LogP contribution >= 0.6 is 0 Å². The maximum absolute atomic E-state index is 12.8. The second-order valence-electron chi connectivity index (χ2n) is 6.44. The van der Waals surface area contributed by atoms with E-state index in [1.807, 2.05) is 24.3 Å². The molecule has 0 radical (unpaired) electrons. The van der Waals surface area contributed by atoms with E-state index in [4.69, 9.17) is 0 Å². The van der Waals surface area contributed by atoms with Crippen LogP contribution in [0.5, 0.6) is 0 Å². The lowest BCUT2D eigenvalue weighted by atomic mass is 9.75. The minimum atomic E-state index is 0.0378. The Morgan fingerprint density at radius 1 is 0.905 bits per heavy atom. The summed E-state index contributed by atoms with van der Waals surface area (Å²) in [5.74, 6) is 0.409. The summed E-state index contributed by atoms with van der Waals surface area (Å²) in [4.78, 5) is 25.5. The van der Waals surface area contributed by atoms with Gasteiger partial charge in [-0.2, -0.15) is 0 Å². The third kappa shape index (κ3) is 1.85. The normalized spacial score (nSPS) is 23.8. The molecule has 0 fully saturated rings. The fourth-order valence-corrected chi connectivity index (χ4v) is 3.72. The molecule has 0 heterocycles. The SMILES string of the molecule is CC1C=C2C(=O)c3cc4c(cc3C(=O)C2=CC1)CCCC4. The van der Waals surface area contributed by atoms with Crippen LogP contribution in [0.4, 0.5) is 0 Å². The first-order valence-corrected chi connectivity index (χ1v) is 7.82. The number of fused-ring (bicyclic) bond motifs is 3. The quantitative estimate of drug-likeness (QED) is 0.722. The monoisotopic (exact) mass is 278 g/mol. The highest BCUT2D eigenvalue weighted by Crippen LogP contribution is 2.36. The molecule has 3 aliphatic rings. The van der Waals surface area contributed by atoms with Crippen molar-refractivity contribution in [2.75, 3.05) is 0 Å². The highest BCUT2D eigenvalue weighted by molar-refractivity contribution is 6.31. The van der Waals surface area contributed by atoms with Gasteiger partial charge in [-0.05, 0) is 61.3 Å². The van der Waals surface area contributed by atoms with Gasteiger partial charge in [-0.1, -0.05) is 19.1 Å². The van der Waals surface area contributed by atoms with Crippen molar-refractivity contribution < 1.29 is 9.59 Å². The van der Waals surface area contributed by atoms with Gasteiger partial charge >= 0.3 is 0 Å². The highest BCUT2D eigenvalue weighted by Gasteiger charge is 2.34. The van der Waals surface area contributed by atoms with E-state index < -0.39 is 0 Å². The molecule has 0 spiro atoms. The van der Waals surface area contributed by atoms with Gasteiger partial charge in [0, 0.05) is 22.3 Å². The van der Waals surface area contributed by atoms with Crippen molar-refractivity contribution in [3.8, 4) is 0 Å². The lowest BCUT2D eigenvalue weighted by Crippen LogP contribution is -2.26. The number of carbonyl (C=O) groups excluding carboxylic acids is 2. The Bertz CT molecular complexity index is 734. The Morgan fingerprint density at radius 3 is 2.10 bits per heavy atom. The molecule has 0 amide bonds. The molecule has 106 valence electrons. The molecule has 0 saturated carbocycles. The van der Waals surface area contributed by atoms with E-state index in [2.05, 4.69) is 6.92 Å². The smallest absolute Gasteiger partial charge is 0.194 e. The minimum absolute atomic E-state index is 0.0378. The maximum Gasteiger partial charge on any atom is 0.194 e. The van der Waals surface area contributed by atoms with Crippen LogP contribution in [0.15, 0.2) is 35.4 Å². The number of hydrogen-bond donors (Lipinski definition) is 0. The first-order chi connectivity index (χ1) is 10.1. The molecule has 4 rings (SSSR count). The van der Waals surface area contributed by atoms with Crippen molar-refractivity contribution in [1.29, 1.82) is 0 Å². The van der Waals surface area contributed by atoms with Gasteiger partial charge in [-0.25, -0.2) is 0 Å². The zero-order valence-electron chi connectivity index (χ0n) is 12.2. The molecule has 1 aromatic rings. The first-order valence-electron chi connectivity index (χ1n) is 7.82. The summed E-state index contributed by atoms with van der Waals surface area (Å²) in [5, 5.41) is 0. The van der Waals surface area contributed by atoms with E-state index in [0.29, 0.717) is 28.2 Å². The number of aryl methyl sites for hydroxylation is 2. The fraction of sp³-hybridized carbons (Fsp3) is 0.368. The molecule has 1 atom stereocenters. The number of allylic oxidation sites excluding steroid dienone is 4. The van der Waals surface area contributed by atoms with E-state index in [0.717, 1.165) is 19.3 Å². The second kappa shape index (κ2) is 4.52. The van der Waals surface area contributed by atoms with E-state index in [9.17, 15) is 9.59 Å². The van der Waals surface area contributed by atoms with Gasteiger partial charge in [0.2, 0.25) is 0 Å². The van der Waals surface area contributed by atoms with E-state index >= 15 is 0 Å². The summed E-state index contributed by atoms with van der Waals surface area (Å²) in [6, 6.07) is 3.97.